The Bertz CT molecular complexity index is 1120. The molecule has 0 aliphatic carbocycles. The number of ether oxygens (including phenoxy) is 1. The molecule has 3 aromatic rings. The van der Waals surface area contributed by atoms with E-state index in [-0.39, 0.29) is 24.5 Å². The fourth-order valence-corrected chi connectivity index (χ4v) is 4.19. The first-order chi connectivity index (χ1) is 16.7. The molecule has 184 valence electrons. The lowest BCUT2D eigenvalue weighted by atomic mass is 10.0. The summed E-state index contributed by atoms with van der Waals surface area (Å²) in [6.45, 7) is 10.0. The van der Waals surface area contributed by atoms with Crippen LogP contribution in [0.1, 0.15) is 41.7 Å². The molecule has 0 fully saturated rings. The number of carbonyl (C=O) groups is 2. The molecule has 0 spiro atoms. The zero-order valence-electron chi connectivity index (χ0n) is 21.4. The van der Waals surface area contributed by atoms with Crippen molar-refractivity contribution in [2.75, 3.05) is 6.61 Å². The summed E-state index contributed by atoms with van der Waals surface area (Å²) in [6, 6.07) is 23.0. The van der Waals surface area contributed by atoms with Gasteiger partial charge >= 0.3 is 0 Å². The minimum atomic E-state index is -0.671. The Morgan fingerprint density at radius 1 is 0.829 bits per heavy atom. The number of nitrogens with one attached hydrogen (secondary N) is 1. The second-order valence-electron chi connectivity index (χ2n) is 9.49. The Morgan fingerprint density at radius 2 is 1.49 bits per heavy atom. The summed E-state index contributed by atoms with van der Waals surface area (Å²) in [5, 5.41) is 3.01. The van der Waals surface area contributed by atoms with Gasteiger partial charge in [-0.25, -0.2) is 0 Å². The largest absolute Gasteiger partial charge is 0.484 e. The van der Waals surface area contributed by atoms with Crippen LogP contribution in [0.2, 0.25) is 0 Å². The van der Waals surface area contributed by atoms with Crippen LogP contribution in [-0.2, 0) is 22.6 Å². The van der Waals surface area contributed by atoms with E-state index in [1.165, 1.54) is 0 Å². The maximum atomic E-state index is 13.6. The number of nitrogens with zero attached hydrogens (tertiary/aromatic N) is 1. The van der Waals surface area contributed by atoms with Gasteiger partial charge in [0.15, 0.2) is 6.61 Å². The second kappa shape index (κ2) is 12.2. The molecule has 0 aliphatic rings. The quantitative estimate of drug-likeness (QED) is 0.444. The first kappa shape index (κ1) is 26.0. The summed E-state index contributed by atoms with van der Waals surface area (Å²) in [5.41, 5.74) is 5.21. The molecule has 0 bridgehead atoms. The standard InChI is InChI=1S/C30H36N2O3/c1-21(2)31-30(34)28(18-25-11-7-6-8-12-25)32(19-26-13-9-10-22(3)15-26)29(33)20-35-27-16-23(4)14-24(5)17-27/h6-17,21,28H,18-20H2,1-5H3,(H,31,34)/t28-/m1/s1. The highest BCUT2D eigenvalue weighted by atomic mass is 16.5. The highest BCUT2D eigenvalue weighted by Crippen LogP contribution is 2.19. The van der Waals surface area contributed by atoms with E-state index in [9.17, 15) is 9.59 Å². The van der Waals surface area contributed by atoms with Gasteiger partial charge in [-0.05, 0) is 69.0 Å². The molecule has 1 N–H and O–H groups in total. The number of hydrogen-bond acceptors (Lipinski definition) is 3. The Hall–Kier alpha value is -3.60. The SMILES string of the molecule is Cc1cccc(CN(C(=O)COc2cc(C)cc(C)c2)[C@H](Cc2ccccc2)C(=O)NC(C)C)c1. The third-order valence-electron chi connectivity index (χ3n) is 5.69. The molecule has 0 saturated carbocycles. The summed E-state index contributed by atoms with van der Waals surface area (Å²) < 4.78 is 5.91. The Labute approximate surface area is 209 Å². The van der Waals surface area contributed by atoms with Crippen molar-refractivity contribution in [1.29, 1.82) is 0 Å². The summed E-state index contributed by atoms with van der Waals surface area (Å²) in [5.74, 6) is 0.249. The van der Waals surface area contributed by atoms with Gasteiger partial charge < -0.3 is 15.0 Å². The van der Waals surface area contributed by atoms with Crippen molar-refractivity contribution in [3.63, 3.8) is 0 Å². The number of aryl methyl sites for hydroxylation is 3. The lowest BCUT2D eigenvalue weighted by Crippen LogP contribution is -2.52. The van der Waals surface area contributed by atoms with Gasteiger partial charge in [0, 0.05) is 19.0 Å². The third kappa shape index (κ3) is 7.99. The van der Waals surface area contributed by atoms with Gasteiger partial charge in [-0.3, -0.25) is 9.59 Å². The molecule has 5 heteroatoms. The van der Waals surface area contributed by atoms with E-state index in [1.807, 2.05) is 101 Å². The predicted octanol–water partition coefficient (Wildman–Crippen LogP) is 5.16. The van der Waals surface area contributed by atoms with Crippen LogP contribution < -0.4 is 10.1 Å². The van der Waals surface area contributed by atoms with Gasteiger partial charge in [-0.2, -0.15) is 0 Å². The molecular weight excluding hydrogens is 436 g/mol. The van der Waals surface area contributed by atoms with Gasteiger partial charge in [0.1, 0.15) is 11.8 Å². The molecule has 0 unspecified atom stereocenters. The van der Waals surface area contributed by atoms with Crippen LogP contribution in [0.5, 0.6) is 5.75 Å². The van der Waals surface area contributed by atoms with Gasteiger partial charge in [0.2, 0.25) is 5.91 Å². The van der Waals surface area contributed by atoms with Crippen molar-refractivity contribution >= 4 is 11.8 Å². The summed E-state index contributed by atoms with van der Waals surface area (Å²) >= 11 is 0. The van der Waals surface area contributed by atoms with Crippen LogP contribution in [0.15, 0.2) is 72.8 Å². The van der Waals surface area contributed by atoms with Crippen LogP contribution >= 0.6 is 0 Å². The lowest BCUT2D eigenvalue weighted by molar-refractivity contribution is -0.143. The highest BCUT2D eigenvalue weighted by molar-refractivity contribution is 5.88. The first-order valence-electron chi connectivity index (χ1n) is 12.1. The monoisotopic (exact) mass is 472 g/mol. The van der Waals surface area contributed by atoms with Crippen LogP contribution in [-0.4, -0.2) is 35.4 Å². The smallest absolute Gasteiger partial charge is 0.261 e. The Morgan fingerprint density at radius 3 is 2.11 bits per heavy atom. The van der Waals surface area contributed by atoms with Crippen molar-refractivity contribution in [3.05, 3.63) is 101 Å². The number of carbonyl (C=O) groups excluding carboxylic acids is 2. The van der Waals surface area contributed by atoms with Crippen LogP contribution in [0.4, 0.5) is 0 Å². The normalized spacial score (nSPS) is 11.7. The van der Waals surface area contributed by atoms with E-state index in [2.05, 4.69) is 11.4 Å². The van der Waals surface area contributed by atoms with E-state index in [0.717, 1.165) is 27.8 Å². The second-order valence-corrected chi connectivity index (χ2v) is 9.49. The number of hydrogen-bond donors (Lipinski definition) is 1. The van der Waals surface area contributed by atoms with E-state index in [1.54, 1.807) is 4.90 Å². The molecule has 5 nitrogen and oxygen atoms in total. The molecule has 1 atom stereocenters. The Kier molecular flexibility index (Phi) is 9.07. The Balaban J connectivity index is 1.92. The predicted molar refractivity (Wildman–Crippen MR) is 140 cm³/mol. The summed E-state index contributed by atoms with van der Waals surface area (Å²) in [7, 11) is 0. The number of rotatable bonds is 10. The van der Waals surface area contributed by atoms with Gasteiger partial charge in [-0.15, -0.1) is 0 Å². The molecule has 3 rings (SSSR count). The highest BCUT2D eigenvalue weighted by Gasteiger charge is 2.31. The molecule has 0 radical (unpaired) electrons. The molecular formula is C30H36N2O3. The minimum absolute atomic E-state index is 0.0387. The van der Waals surface area contributed by atoms with Crippen LogP contribution in [0, 0.1) is 20.8 Å². The van der Waals surface area contributed by atoms with Gasteiger partial charge in [0.05, 0.1) is 0 Å². The minimum Gasteiger partial charge on any atom is -0.484 e. The van der Waals surface area contributed by atoms with Crippen LogP contribution in [0.3, 0.4) is 0 Å². The molecule has 0 heterocycles. The van der Waals surface area contributed by atoms with Crippen molar-refractivity contribution in [3.8, 4) is 5.75 Å². The maximum Gasteiger partial charge on any atom is 0.261 e. The summed E-state index contributed by atoms with van der Waals surface area (Å²) in [6.07, 6.45) is 0.417. The van der Waals surface area contributed by atoms with Crippen molar-refractivity contribution in [2.24, 2.45) is 0 Å². The fraction of sp³-hybridized carbons (Fsp3) is 0.333. The average Bonchev–Trinajstić information content (AvgIpc) is 2.79. The van der Waals surface area contributed by atoms with Gasteiger partial charge in [-0.1, -0.05) is 66.2 Å². The zero-order valence-corrected chi connectivity index (χ0v) is 21.4. The topological polar surface area (TPSA) is 58.6 Å². The summed E-state index contributed by atoms with van der Waals surface area (Å²) in [4.78, 5) is 28.7. The van der Waals surface area contributed by atoms with E-state index in [4.69, 9.17) is 4.74 Å². The number of amides is 2. The molecule has 0 saturated heterocycles. The zero-order chi connectivity index (χ0) is 25.4. The first-order valence-corrected chi connectivity index (χ1v) is 12.1. The number of benzene rings is 3. The van der Waals surface area contributed by atoms with E-state index >= 15 is 0 Å². The van der Waals surface area contributed by atoms with Crippen molar-refractivity contribution in [2.45, 2.75) is 59.7 Å². The lowest BCUT2D eigenvalue weighted by Gasteiger charge is -2.32. The van der Waals surface area contributed by atoms with Gasteiger partial charge in [0.25, 0.3) is 5.91 Å². The molecule has 35 heavy (non-hydrogen) atoms. The van der Waals surface area contributed by atoms with Crippen LogP contribution in [0.25, 0.3) is 0 Å². The molecule has 3 aromatic carbocycles. The maximum absolute atomic E-state index is 13.6. The van der Waals surface area contributed by atoms with E-state index in [0.29, 0.717) is 18.7 Å². The molecule has 0 aliphatic heterocycles. The molecule has 0 aromatic heterocycles. The third-order valence-corrected chi connectivity index (χ3v) is 5.69. The average molecular weight is 473 g/mol. The van der Waals surface area contributed by atoms with Crippen molar-refractivity contribution in [1.82, 2.24) is 10.2 Å². The fourth-order valence-electron chi connectivity index (χ4n) is 4.19. The van der Waals surface area contributed by atoms with E-state index < -0.39 is 6.04 Å². The van der Waals surface area contributed by atoms with Crippen molar-refractivity contribution < 1.29 is 14.3 Å². The molecule has 2 amide bonds.